The van der Waals surface area contributed by atoms with Gasteiger partial charge in [-0.3, -0.25) is 20.4 Å². The molecule has 0 spiro atoms. The predicted molar refractivity (Wildman–Crippen MR) is 69.5 cm³/mol. The highest BCUT2D eigenvalue weighted by molar-refractivity contribution is 5.95. The molecule has 1 atom stereocenters. The average molecular weight is 249 g/mol. The van der Waals surface area contributed by atoms with Crippen LogP contribution in [0.3, 0.4) is 0 Å². The molecule has 0 radical (unpaired) electrons. The van der Waals surface area contributed by atoms with Crippen LogP contribution in [-0.4, -0.2) is 17.9 Å². The Morgan fingerprint density at radius 1 is 1.17 bits per heavy atom. The predicted octanol–water partition coefficient (Wildman–Crippen LogP) is 0.821. The molecule has 18 heavy (non-hydrogen) atoms. The van der Waals surface area contributed by atoms with Gasteiger partial charge in [0.15, 0.2) is 0 Å². The number of amides is 2. The summed E-state index contributed by atoms with van der Waals surface area (Å²) in [5, 5.41) is 0. The number of carbonyl (C=O) groups excluding carboxylic acids is 2. The fraction of sp³-hybridized carbons (Fsp3) is 0.385. The number of carbonyl (C=O) groups is 2. The van der Waals surface area contributed by atoms with E-state index in [0.717, 1.165) is 0 Å². The highest BCUT2D eigenvalue weighted by atomic mass is 16.2. The van der Waals surface area contributed by atoms with E-state index in [1.54, 1.807) is 24.3 Å². The second-order valence-corrected chi connectivity index (χ2v) is 4.55. The summed E-state index contributed by atoms with van der Waals surface area (Å²) < 4.78 is 0. The van der Waals surface area contributed by atoms with Gasteiger partial charge >= 0.3 is 0 Å². The topological polar surface area (TPSA) is 84.2 Å². The van der Waals surface area contributed by atoms with Crippen LogP contribution in [0, 0.1) is 5.92 Å². The molecule has 1 aromatic carbocycles. The largest absolute Gasteiger partial charge is 0.320 e. The molecule has 5 heteroatoms. The van der Waals surface area contributed by atoms with E-state index < -0.39 is 6.04 Å². The standard InChI is InChI=1S/C13H19N3O2/c1-9(2)8-11(14)13(18)16-15-12(17)10-6-4-3-5-7-10/h3-7,9,11H,8,14H2,1-2H3,(H,15,17)(H,16,18)/t11-/m0/s1. The Morgan fingerprint density at radius 2 is 1.78 bits per heavy atom. The van der Waals surface area contributed by atoms with Gasteiger partial charge in [-0.25, -0.2) is 0 Å². The van der Waals surface area contributed by atoms with Gasteiger partial charge in [-0.05, 0) is 24.5 Å². The van der Waals surface area contributed by atoms with Crippen LogP contribution >= 0.6 is 0 Å². The van der Waals surface area contributed by atoms with Crippen LogP contribution in [0.15, 0.2) is 30.3 Å². The Labute approximate surface area is 107 Å². The summed E-state index contributed by atoms with van der Waals surface area (Å²) in [5.74, 6) is -0.413. The molecule has 0 fully saturated rings. The third kappa shape index (κ3) is 4.55. The summed E-state index contributed by atoms with van der Waals surface area (Å²) in [6.07, 6.45) is 0.576. The molecule has 0 unspecified atom stereocenters. The van der Waals surface area contributed by atoms with Crippen molar-refractivity contribution in [2.24, 2.45) is 11.7 Å². The second kappa shape index (κ2) is 6.76. The van der Waals surface area contributed by atoms with Gasteiger partial charge in [-0.1, -0.05) is 32.0 Å². The number of nitrogens with two attached hydrogens (primary N) is 1. The molecule has 0 saturated heterocycles. The summed E-state index contributed by atoms with van der Waals surface area (Å²) in [4.78, 5) is 23.2. The lowest BCUT2D eigenvalue weighted by atomic mass is 10.0. The lowest BCUT2D eigenvalue weighted by Gasteiger charge is -2.14. The lowest BCUT2D eigenvalue weighted by molar-refractivity contribution is -0.123. The zero-order valence-electron chi connectivity index (χ0n) is 10.6. The first-order valence-electron chi connectivity index (χ1n) is 5.91. The van der Waals surface area contributed by atoms with Crippen molar-refractivity contribution in [3.63, 3.8) is 0 Å². The van der Waals surface area contributed by atoms with E-state index in [9.17, 15) is 9.59 Å². The van der Waals surface area contributed by atoms with Gasteiger partial charge in [0.1, 0.15) is 0 Å². The van der Waals surface area contributed by atoms with Gasteiger partial charge in [0.2, 0.25) is 0 Å². The molecule has 1 aromatic rings. The van der Waals surface area contributed by atoms with E-state index in [0.29, 0.717) is 17.9 Å². The van der Waals surface area contributed by atoms with Crippen LogP contribution in [0.25, 0.3) is 0 Å². The maximum Gasteiger partial charge on any atom is 0.269 e. The molecule has 5 nitrogen and oxygen atoms in total. The van der Waals surface area contributed by atoms with Crippen LogP contribution in [0.5, 0.6) is 0 Å². The first-order chi connectivity index (χ1) is 8.50. The van der Waals surface area contributed by atoms with E-state index in [-0.39, 0.29) is 11.8 Å². The molecule has 1 rings (SSSR count). The average Bonchev–Trinajstić information content (AvgIpc) is 2.35. The van der Waals surface area contributed by atoms with E-state index >= 15 is 0 Å². The summed E-state index contributed by atoms with van der Waals surface area (Å²) in [5.41, 5.74) is 10.8. The quantitative estimate of drug-likeness (QED) is 0.691. The van der Waals surface area contributed by atoms with Crippen LogP contribution < -0.4 is 16.6 Å². The highest BCUT2D eigenvalue weighted by Crippen LogP contribution is 2.02. The van der Waals surface area contributed by atoms with Gasteiger partial charge in [0.05, 0.1) is 6.04 Å². The second-order valence-electron chi connectivity index (χ2n) is 4.55. The zero-order chi connectivity index (χ0) is 13.5. The van der Waals surface area contributed by atoms with E-state index in [2.05, 4.69) is 10.9 Å². The van der Waals surface area contributed by atoms with Crippen molar-refractivity contribution in [3.8, 4) is 0 Å². The lowest BCUT2D eigenvalue weighted by Crippen LogP contribution is -2.49. The smallest absolute Gasteiger partial charge is 0.269 e. The fourth-order valence-corrected chi connectivity index (χ4v) is 1.49. The first kappa shape index (κ1) is 14.2. The van der Waals surface area contributed by atoms with Gasteiger partial charge < -0.3 is 5.73 Å². The molecule has 0 saturated carbocycles. The van der Waals surface area contributed by atoms with Crippen LogP contribution in [-0.2, 0) is 4.79 Å². The highest BCUT2D eigenvalue weighted by Gasteiger charge is 2.15. The normalized spacial score (nSPS) is 12.0. The fourth-order valence-electron chi connectivity index (χ4n) is 1.49. The van der Waals surface area contributed by atoms with Crippen molar-refractivity contribution >= 4 is 11.8 Å². The number of rotatable bonds is 4. The van der Waals surface area contributed by atoms with E-state index in [4.69, 9.17) is 5.73 Å². The third-order valence-electron chi connectivity index (χ3n) is 2.40. The minimum Gasteiger partial charge on any atom is -0.320 e. The SMILES string of the molecule is CC(C)C[C@H](N)C(=O)NNC(=O)c1ccccc1. The summed E-state index contributed by atoms with van der Waals surface area (Å²) in [7, 11) is 0. The van der Waals surface area contributed by atoms with Gasteiger partial charge in [-0.2, -0.15) is 0 Å². The van der Waals surface area contributed by atoms with Gasteiger partial charge in [0.25, 0.3) is 11.8 Å². The zero-order valence-corrected chi connectivity index (χ0v) is 10.6. The third-order valence-corrected chi connectivity index (χ3v) is 2.40. The minimum absolute atomic E-state index is 0.329. The van der Waals surface area contributed by atoms with Crippen LogP contribution in [0.1, 0.15) is 30.6 Å². The molecule has 0 heterocycles. The van der Waals surface area contributed by atoms with Gasteiger partial charge in [-0.15, -0.1) is 0 Å². The van der Waals surface area contributed by atoms with Crippen LogP contribution in [0.4, 0.5) is 0 Å². The molecule has 0 aliphatic carbocycles. The van der Waals surface area contributed by atoms with Crippen molar-refractivity contribution in [3.05, 3.63) is 35.9 Å². The van der Waals surface area contributed by atoms with Crippen LogP contribution in [0.2, 0.25) is 0 Å². The van der Waals surface area contributed by atoms with E-state index in [1.807, 2.05) is 19.9 Å². The Morgan fingerprint density at radius 3 is 2.33 bits per heavy atom. The number of nitrogens with one attached hydrogen (secondary N) is 2. The molecular formula is C13H19N3O2. The molecular weight excluding hydrogens is 230 g/mol. The first-order valence-corrected chi connectivity index (χ1v) is 5.91. The number of hydrogen-bond donors (Lipinski definition) is 3. The minimum atomic E-state index is -0.610. The summed E-state index contributed by atoms with van der Waals surface area (Å²) in [6, 6.07) is 8.03. The molecule has 0 aromatic heterocycles. The van der Waals surface area contributed by atoms with Crippen molar-refractivity contribution in [2.75, 3.05) is 0 Å². The number of hydrogen-bond acceptors (Lipinski definition) is 3. The van der Waals surface area contributed by atoms with Gasteiger partial charge in [0, 0.05) is 5.56 Å². The molecule has 0 aliphatic heterocycles. The monoisotopic (exact) mass is 249 g/mol. The van der Waals surface area contributed by atoms with Crippen molar-refractivity contribution in [2.45, 2.75) is 26.3 Å². The Kier molecular flexibility index (Phi) is 5.32. The van der Waals surface area contributed by atoms with Crippen molar-refractivity contribution < 1.29 is 9.59 Å². The maximum absolute atomic E-state index is 11.6. The Balaban J connectivity index is 2.41. The molecule has 0 bridgehead atoms. The number of hydrazine groups is 1. The Bertz CT molecular complexity index is 404. The number of benzene rings is 1. The van der Waals surface area contributed by atoms with Crippen molar-refractivity contribution in [1.82, 2.24) is 10.9 Å². The molecule has 0 aliphatic rings. The Hall–Kier alpha value is -1.88. The molecule has 4 N–H and O–H groups in total. The molecule has 98 valence electrons. The van der Waals surface area contributed by atoms with Crippen molar-refractivity contribution in [1.29, 1.82) is 0 Å². The summed E-state index contributed by atoms with van der Waals surface area (Å²) in [6.45, 7) is 3.96. The molecule has 2 amide bonds. The maximum atomic E-state index is 11.6. The van der Waals surface area contributed by atoms with E-state index in [1.165, 1.54) is 0 Å². The summed E-state index contributed by atoms with van der Waals surface area (Å²) >= 11 is 0.